The Hall–Kier alpha value is -0.380. The number of halogens is 1. The maximum atomic E-state index is 6.08. The van der Waals surface area contributed by atoms with Crippen LogP contribution in [0.3, 0.4) is 0 Å². The van der Waals surface area contributed by atoms with Crippen molar-refractivity contribution in [1.29, 1.82) is 0 Å². The van der Waals surface area contributed by atoms with Gasteiger partial charge in [-0.1, -0.05) is 34.1 Å². The zero-order valence-electron chi connectivity index (χ0n) is 7.33. The maximum absolute atomic E-state index is 6.08. The van der Waals surface area contributed by atoms with Crippen molar-refractivity contribution in [2.24, 2.45) is 11.5 Å². The van der Waals surface area contributed by atoms with E-state index in [1.165, 1.54) is 0 Å². The standard InChI is InChI=1S/C10H13BrN2/c11-8-4-2-1-3-7(8)9(12)10(13)5-6-10/h1-4,9H,5-6,12-13H2. The highest BCUT2D eigenvalue weighted by atomic mass is 79.9. The van der Waals surface area contributed by atoms with Gasteiger partial charge >= 0.3 is 0 Å². The summed E-state index contributed by atoms with van der Waals surface area (Å²) in [6.07, 6.45) is 2.07. The number of benzene rings is 1. The smallest absolute Gasteiger partial charge is 0.0489 e. The third kappa shape index (κ3) is 1.64. The molecule has 4 N–H and O–H groups in total. The molecule has 70 valence electrons. The van der Waals surface area contributed by atoms with E-state index < -0.39 is 0 Å². The lowest BCUT2D eigenvalue weighted by molar-refractivity contribution is 0.534. The third-order valence-corrected chi connectivity index (χ3v) is 3.41. The normalized spacial score (nSPS) is 21.2. The van der Waals surface area contributed by atoms with Crippen LogP contribution in [-0.2, 0) is 0 Å². The quantitative estimate of drug-likeness (QED) is 0.831. The summed E-state index contributed by atoms with van der Waals surface area (Å²) in [5.74, 6) is 0. The lowest BCUT2D eigenvalue weighted by Gasteiger charge is -2.20. The second-order valence-electron chi connectivity index (χ2n) is 3.73. The Balaban J connectivity index is 2.30. The van der Waals surface area contributed by atoms with Crippen LogP contribution in [0.15, 0.2) is 28.7 Å². The van der Waals surface area contributed by atoms with Crippen molar-refractivity contribution in [2.75, 3.05) is 0 Å². The molecular weight excluding hydrogens is 228 g/mol. The molecule has 1 aromatic carbocycles. The van der Waals surface area contributed by atoms with Gasteiger partial charge in [0, 0.05) is 16.1 Å². The molecule has 1 aliphatic carbocycles. The average Bonchev–Trinajstić information content (AvgIpc) is 2.85. The van der Waals surface area contributed by atoms with Crippen LogP contribution in [0.2, 0.25) is 0 Å². The van der Waals surface area contributed by atoms with Gasteiger partial charge in [0.1, 0.15) is 0 Å². The van der Waals surface area contributed by atoms with E-state index >= 15 is 0 Å². The summed E-state index contributed by atoms with van der Waals surface area (Å²) in [6.45, 7) is 0. The summed E-state index contributed by atoms with van der Waals surface area (Å²) in [6, 6.07) is 7.97. The van der Waals surface area contributed by atoms with Crippen LogP contribution >= 0.6 is 15.9 Å². The van der Waals surface area contributed by atoms with Crippen molar-refractivity contribution >= 4 is 15.9 Å². The van der Waals surface area contributed by atoms with Gasteiger partial charge in [0.25, 0.3) is 0 Å². The highest BCUT2D eigenvalue weighted by molar-refractivity contribution is 9.10. The monoisotopic (exact) mass is 240 g/mol. The molecule has 2 nitrogen and oxygen atoms in total. The van der Waals surface area contributed by atoms with Gasteiger partial charge in [-0.25, -0.2) is 0 Å². The van der Waals surface area contributed by atoms with Crippen molar-refractivity contribution in [2.45, 2.75) is 24.4 Å². The second kappa shape index (κ2) is 3.08. The molecule has 0 spiro atoms. The van der Waals surface area contributed by atoms with Gasteiger partial charge in [-0.2, -0.15) is 0 Å². The molecule has 1 aliphatic rings. The van der Waals surface area contributed by atoms with Crippen molar-refractivity contribution in [1.82, 2.24) is 0 Å². The van der Waals surface area contributed by atoms with Gasteiger partial charge in [0.2, 0.25) is 0 Å². The zero-order chi connectivity index (χ0) is 9.47. The predicted octanol–water partition coefficient (Wildman–Crippen LogP) is 1.94. The number of hydrogen-bond acceptors (Lipinski definition) is 2. The van der Waals surface area contributed by atoms with E-state index in [1.54, 1.807) is 0 Å². The van der Waals surface area contributed by atoms with Crippen LogP contribution < -0.4 is 11.5 Å². The summed E-state index contributed by atoms with van der Waals surface area (Å²) in [5.41, 5.74) is 13.1. The van der Waals surface area contributed by atoms with Gasteiger partial charge in [-0.05, 0) is 24.5 Å². The Morgan fingerprint density at radius 3 is 2.46 bits per heavy atom. The van der Waals surface area contributed by atoms with Gasteiger partial charge in [-0.15, -0.1) is 0 Å². The third-order valence-electron chi connectivity index (χ3n) is 2.69. The van der Waals surface area contributed by atoms with Crippen LogP contribution in [0.25, 0.3) is 0 Å². The van der Waals surface area contributed by atoms with Gasteiger partial charge in [0.05, 0.1) is 0 Å². The highest BCUT2D eigenvalue weighted by Crippen LogP contribution is 2.43. The fraction of sp³-hybridized carbons (Fsp3) is 0.400. The van der Waals surface area contributed by atoms with E-state index in [0.29, 0.717) is 0 Å². The molecule has 0 aromatic heterocycles. The van der Waals surface area contributed by atoms with Gasteiger partial charge < -0.3 is 11.5 Å². The molecule has 0 aliphatic heterocycles. The SMILES string of the molecule is NC(c1ccccc1Br)C1(N)CC1. The Morgan fingerprint density at radius 2 is 1.92 bits per heavy atom. The Morgan fingerprint density at radius 1 is 1.31 bits per heavy atom. The van der Waals surface area contributed by atoms with Crippen LogP contribution in [-0.4, -0.2) is 5.54 Å². The molecule has 1 unspecified atom stereocenters. The van der Waals surface area contributed by atoms with Gasteiger partial charge in [0.15, 0.2) is 0 Å². The topological polar surface area (TPSA) is 52.0 Å². The van der Waals surface area contributed by atoms with E-state index in [1.807, 2.05) is 24.3 Å². The first-order chi connectivity index (χ1) is 6.13. The fourth-order valence-electron chi connectivity index (χ4n) is 1.49. The molecule has 3 heteroatoms. The highest BCUT2D eigenvalue weighted by Gasteiger charge is 2.45. The largest absolute Gasteiger partial charge is 0.323 e. The lowest BCUT2D eigenvalue weighted by Crippen LogP contribution is -2.36. The molecule has 0 saturated heterocycles. The van der Waals surface area contributed by atoms with Crippen molar-refractivity contribution < 1.29 is 0 Å². The second-order valence-corrected chi connectivity index (χ2v) is 4.59. The molecule has 0 bridgehead atoms. The first-order valence-corrected chi connectivity index (χ1v) is 5.22. The molecule has 1 saturated carbocycles. The Labute approximate surface area is 86.4 Å². The predicted molar refractivity (Wildman–Crippen MR) is 57.2 cm³/mol. The number of nitrogens with two attached hydrogens (primary N) is 2. The summed E-state index contributed by atoms with van der Waals surface area (Å²) < 4.78 is 1.05. The zero-order valence-corrected chi connectivity index (χ0v) is 8.92. The fourth-order valence-corrected chi connectivity index (χ4v) is 2.02. The van der Waals surface area contributed by atoms with Crippen LogP contribution in [0.4, 0.5) is 0 Å². The van der Waals surface area contributed by atoms with Crippen LogP contribution in [0.1, 0.15) is 24.4 Å². The van der Waals surface area contributed by atoms with Crippen molar-refractivity contribution in [3.8, 4) is 0 Å². The van der Waals surface area contributed by atoms with E-state index in [4.69, 9.17) is 11.5 Å². The van der Waals surface area contributed by atoms with Crippen LogP contribution in [0, 0.1) is 0 Å². The Bertz CT molecular complexity index is 320. The minimum atomic E-state index is -0.149. The van der Waals surface area contributed by atoms with E-state index in [9.17, 15) is 0 Å². The molecule has 0 amide bonds. The van der Waals surface area contributed by atoms with E-state index in [-0.39, 0.29) is 11.6 Å². The molecule has 2 rings (SSSR count). The number of hydrogen-bond donors (Lipinski definition) is 2. The summed E-state index contributed by atoms with van der Waals surface area (Å²) >= 11 is 3.48. The van der Waals surface area contributed by atoms with Crippen molar-refractivity contribution in [3.05, 3.63) is 34.3 Å². The molecule has 0 radical (unpaired) electrons. The minimum absolute atomic E-state index is 0.0388. The number of rotatable bonds is 2. The molecule has 13 heavy (non-hydrogen) atoms. The molecule has 0 heterocycles. The molecular formula is C10H13BrN2. The van der Waals surface area contributed by atoms with E-state index in [2.05, 4.69) is 15.9 Å². The van der Waals surface area contributed by atoms with Crippen LogP contribution in [0.5, 0.6) is 0 Å². The molecule has 1 aromatic rings. The van der Waals surface area contributed by atoms with Crippen molar-refractivity contribution in [3.63, 3.8) is 0 Å². The van der Waals surface area contributed by atoms with Gasteiger partial charge in [-0.3, -0.25) is 0 Å². The average molecular weight is 241 g/mol. The maximum Gasteiger partial charge on any atom is 0.0489 e. The summed E-state index contributed by atoms with van der Waals surface area (Å²) in [7, 11) is 0. The first kappa shape index (κ1) is 9.19. The first-order valence-electron chi connectivity index (χ1n) is 4.42. The minimum Gasteiger partial charge on any atom is -0.323 e. The van der Waals surface area contributed by atoms with E-state index in [0.717, 1.165) is 22.9 Å². The summed E-state index contributed by atoms with van der Waals surface area (Å²) in [4.78, 5) is 0. The lowest BCUT2D eigenvalue weighted by atomic mass is 9.99. The summed E-state index contributed by atoms with van der Waals surface area (Å²) in [5, 5.41) is 0. The molecule has 1 fully saturated rings. The molecule has 1 atom stereocenters. The Kier molecular flexibility index (Phi) is 2.18.